The fourth-order valence-corrected chi connectivity index (χ4v) is 3.35. The Bertz CT molecular complexity index is 932. The molecule has 152 valence electrons. The van der Waals surface area contributed by atoms with Crippen LogP contribution in [0.5, 0.6) is 5.75 Å². The summed E-state index contributed by atoms with van der Waals surface area (Å²) in [6, 6.07) is 12.7. The Balaban J connectivity index is 0.00000240. The van der Waals surface area contributed by atoms with E-state index in [0.29, 0.717) is 29.8 Å². The molecular weight excluding hydrogens is 392 g/mol. The molecule has 1 aromatic carbocycles. The van der Waals surface area contributed by atoms with E-state index in [1.807, 2.05) is 41.3 Å². The number of amides is 1. The topological polar surface area (TPSA) is 110 Å². The van der Waals surface area contributed by atoms with E-state index < -0.39 is 0 Å². The standard InChI is InChI=1S/C20H22N6O2.ClH/c21-17-10-9-14(12-22-17)19-23-20(25-24-19)16-8-4-5-11-26(16)18(27)13-28-15-6-2-1-3-7-15;/h1-3,6-7,9-10,12,16H,4-5,8,11,13H2,(H2,21,22)(H,23,24,25);1H/t16-;/m1./s1. The Kier molecular flexibility index (Phi) is 6.66. The fourth-order valence-electron chi connectivity index (χ4n) is 3.35. The third-order valence-corrected chi connectivity index (χ3v) is 4.79. The molecule has 3 N–H and O–H groups in total. The van der Waals surface area contributed by atoms with Crippen molar-refractivity contribution in [1.29, 1.82) is 0 Å². The Morgan fingerprint density at radius 2 is 2.03 bits per heavy atom. The third kappa shape index (κ3) is 4.83. The lowest BCUT2D eigenvalue weighted by Gasteiger charge is -2.34. The molecule has 0 aliphatic carbocycles. The van der Waals surface area contributed by atoms with E-state index in [1.54, 1.807) is 12.3 Å². The highest BCUT2D eigenvalue weighted by molar-refractivity contribution is 5.85. The van der Waals surface area contributed by atoms with Crippen molar-refractivity contribution >= 4 is 24.1 Å². The molecule has 1 aliphatic rings. The number of likely N-dealkylation sites (tertiary alicyclic amines) is 1. The first-order valence-electron chi connectivity index (χ1n) is 9.32. The molecule has 2 aromatic heterocycles. The number of hydrogen-bond donors (Lipinski definition) is 2. The summed E-state index contributed by atoms with van der Waals surface area (Å²) in [5.41, 5.74) is 6.41. The Morgan fingerprint density at radius 3 is 2.79 bits per heavy atom. The largest absolute Gasteiger partial charge is 0.484 e. The van der Waals surface area contributed by atoms with Crippen LogP contribution in [0.4, 0.5) is 5.82 Å². The van der Waals surface area contributed by atoms with Gasteiger partial charge < -0.3 is 15.4 Å². The molecule has 8 nitrogen and oxygen atoms in total. The van der Waals surface area contributed by atoms with Gasteiger partial charge in [0.2, 0.25) is 0 Å². The van der Waals surface area contributed by atoms with Crippen molar-refractivity contribution in [3.05, 3.63) is 54.5 Å². The summed E-state index contributed by atoms with van der Waals surface area (Å²) < 4.78 is 5.63. The smallest absolute Gasteiger partial charge is 0.261 e. The number of para-hydroxylation sites is 1. The van der Waals surface area contributed by atoms with Gasteiger partial charge in [-0.05, 0) is 43.5 Å². The van der Waals surface area contributed by atoms with Crippen LogP contribution in [0.15, 0.2) is 48.7 Å². The molecule has 1 amide bonds. The number of benzene rings is 1. The summed E-state index contributed by atoms with van der Waals surface area (Å²) in [5.74, 6) is 2.30. The first-order valence-corrected chi connectivity index (χ1v) is 9.32. The molecule has 4 rings (SSSR count). The molecule has 3 aromatic rings. The highest BCUT2D eigenvalue weighted by atomic mass is 35.5. The van der Waals surface area contributed by atoms with Crippen molar-refractivity contribution in [2.75, 3.05) is 18.9 Å². The van der Waals surface area contributed by atoms with Crippen molar-refractivity contribution in [1.82, 2.24) is 25.1 Å². The fraction of sp³-hybridized carbons (Fsp3) is 0.300. The summed E-state index contributed by atoms with van der Waals surface area (Å²) >= 11 is 0. The van der Waals surface area contributed by atoms with Crippen LogP contribution in [0, 0.1) is 0 Å². The van der Waals surface area contributed by atoms with Gasteiger partial charge in [-0.15, -0.1) is 12.4 Å². The SMILES string of the molecule is Cl.Nc1ccc(-c2n[nH]c([C@H]3CCCCN3C(=O)COc3ccccc3)n2)cn1. The predicted molar refractivity (Wildman–Crippen MR) is 112 cm³/mol. The van der Waals surface area contributed by atoms with Gasteiger partial charge in [-0.25, -0.2) is 9.97 Å². The zero-order valence-electron chi connectivity index (χ0n) is 15.8. The maximum Gasteiger partial charge on any atom is 0.261 e. The maximum atomic E-state index is 12.8. The number of ether oxygens (including phenoxy) is 1. The van der Waals surface area contributed by atoms with Crippen LogP contribution in [-0.2, 0) is 4.79 Å². The number of H-pyrrole nitrogens is 1. The number of nitrogens with zero attached hydrogens (tertiary/aromatic N) is 4. The van der Waals surface area contributed by atoms with Crippen molar-refractivity contribution in [3.8, 4) is 17.1 Å². The molecule has 1 atom stereocenters. The van der Waals surface area contributed by atoms with Gasteiger partial charge in [-0.2, -0.15) is 5.10 Å². The minimum Gasteiger partial charge on any atom is -0.484 e. The molecular formula is C20H23ClN6O2. The van der Waals surface area contributed by atoms with Crippen molar-refractivity contribution in [2.45, 2.75) is 25.3 Å². The number of halogens is 1. The van der Waals surface area contributed by atoms with Crippen LogP contribution < -0.4 is 10.5 Å². The molecule has 1 aliphatic heterocycles. The quantitative estimate of drug-likeness (QED) is 0.664. The van der Waals surface area contributed by atoms with Crippen molar-refractivity contribution in [3.63, 3.8) is 0 Å². The molecule has 0 spiro atoms. The maximum absolute atomic E-state index is 12.8. The Labute approximate surface area is 174 Å². The minimum atomic E-state index is -0.136. The van der Waals surface area contributed by atoms with E-state index in [4.69, 9.17) is 10.5 Å². The summed E-state index contributed by atoms with van der Waals surface area (Å²) in [7, 11) is 0. The van der Waals surface area contributed by atoms with E-state index in [1.165, 1.54) is 0 Å². The van der Waals surface area contributed by atoms with Crippen molar-refractivity contribution in [2.24, 2.45) is 0 Å². The van der Waals surface area contributed by atoms with Crippen LogP contribution in [0.1, 0.15) is 31.1 Å². The number of hydrogen-bond acceptors (Lipinski definition) is 6. The molecule has 29 heavy (non-hydrogen) atoms. The van der Waals surface area contributed by atoms with Crippen LogP contribution in [0.2, 0.25) is 0 Å². The molecule has 0 unspecified atom stereocenters. The number of aromatic amines is 1. The number of pyridine rings is 1. The van der Waals surface area contributed by atoms with Crippen molar-refractivity contribution < 1.29 is 9.53 Å². The van der Waals surface area contributed by atoms with Crippen LogP contribution in [-0.4, -0.2) is 44.1 Å². The monoisotopic (exact) mass is 414 g/mol. The summed E-state index contributed by atoms with van der Waals surface area (Å²) in [4.78, 5) is 23.3. The van der Waals surface area contributed by atoms with Gasteiger partial charge in [-0.3, -0.25) is 9.89 Å². The summed E-state index contributed by atoms with van der Waals surface area (Å²) in [5, 5.41) is 7.28. The minimum absolute atomic E-state index is 0. The highest BCUT2D eigenvalue weighted by Gasteiger charge is 2.30. The van der Waals surface area contributed by atoms with E-state index in [9.17, 15) is 4.79 Å². The van der Waals surface area contributed by atoms with Gasteiger partial charge in [0.25, 0.3) is 5.91 Å². The van der Waals surface area contributed by atoms with Crippen LogP contribution in [0.3, 0.4) is 0 Å². The lowest BCUT2D eigenvalue weighted by Crippen LogP contribution is -2.41. The highest BCUT2D eigenvalue weighted by Crippen LogP contribution is 2.30. The lowest BCUT2D eigenvalue weighted by atomic mass is 10.0. The Morgan fingerprint density at radius 1 is 1.21 bits per heavy atom. The van der Waals surface area contributed by atoms with Gasteiger partial charge in [0.15, 0.2) is 12.4 Å². The summed E-state index contributed by atoms with van der Waals surface area (Å²) in [6.07, 6.45) is 4.48. The summed E-state index contributed by atoms with van der Waals surface area (Å²) in [6.45, 7) is 0.685. The number of nitrogen functional groups attached to an aromatic ring is 1. The normalized spacial score (nSPS) is 16.1. The number of rotatable bonds is 5. The molecule has 0 radical (unpaired) electrons. The second kappa shape index (κ2) is 9.38. The molecule has 1 fully saturated rings. The number of nitrogens with one attached hydrogen (secondary N) is 1. The average Bonchev–Trinajstić information content (AvgIpc) is 3.23. The van der Waals surface area contributed by atoms with Gasteiger partial charge in [0.05, 0.1) is 6.04 Å². The lowest BCUT2D eigenvalue weighted by molar-refractivity contribution is -0.137. The number of piperidine rings is 1. The Hall–Kier alpha value is -3.13. The molecule has 1 saturated heterocycles. The van der Waals surface area contributed by atoms with Gasteiger partial charge in [-0.1, -0.05) is 18.2 Å². The molecule has 0 bridgehead atoms. The second-order valence-electron chi connectivity index (χ2n) is 6.72. The van der Waals surface area contributed by atoms with E-state index in [2.05, 4.69) is 20.2 Å². The number of anilines is 1. The van der Waals surface area contributed by atoms with Crippen LogP contribution in [0.25, 0.3) is 11.4 Å². The average molecular weight is 415 g/mol. The van der Waals surface area contributed by atoms with E-state index in [0.717, 1.165) is 24.8 Å². The van der Waals surface area contributed by atoms with E-state index in [-0.39, 0.29) is 31.0 Å². The number of carbonyl (C=O) groups excluding carboxylic acids is 1. The molecule has 9 heteroatoms. The van der Waals surface area contributed by atoms with Crippen LogP contribution >= 0.6 is 12.4 Å². The number of carbonyl (C=O) groups is 1. The number of nitrogens with two attached hydrogens (primary N) is 1. The number of aromatic nitrogens is 4. The van der Waals surface area contributed by atoms with E-state index >= 15 is 0 Å². The second-order valence-corrected chi connectivity index (χ2v) is 6.72. The zero-order valence-corrected chi connectivity index (χ0v) is 16.6. The first kappa shape index (κ1) is 20.6. The van der Waals surface area contributed by atoms with Gasteiger partial charge in [0.1, 0.15) is 17.4 Å². The third-order valence-electron chi connectivity index (χ3n) is 4.79. The molecule has 3 heterocycles. The van der Waals surface area contributed by atoms with Gasteiger partial charge >= 0.3 is 0 Å². The van der Waals surface area contributed by atoms with Gasteiger partial charge in [0, 0.05) is 18.3 Å². The zero-order chi connectivity index (χ0) is 19.3. The first-order chi connectivity index (χ1) is 13.7. The predicted octanol–water partition coefficient (Wildman–Crippen LogP) is 3.00. The molecule has 0 saturated carbocycles.